The predicted octanol–water partition coefficient (Wildman–Crippen LogP) is 1.76. The van der Waals surface area contributed by atoms with Crippen LogP contribution in [0.1, 0.15) is 47.1 Å². The Bertz CT molecular complexity index is 1040. The second-order valence-corrected chi connectivity index (χ2v) is 8.75. The van der Waals surface area contributed by atoms with Gasteiger partial charge in [-0.3, -0.25) is 14.4 Å². The number of amides is 3. The molecule has 3 unspecified atom stereocenters. The molecular formula is C24H30F2N4O5. The first-order valence-corrected chi connectivity index (χ1v) is 11.5. The van der Waals surface area contributed by atoms with Crippen molar-refractivity contribution in [3.05, 3.63) is 52.9 Å². The maximum atomic E-state index is 14.2. The van der Waals surface area contributed by atoms with Crippen LogP contribution >= 0.6 is 0 Å². The highest BCUT2D eigenvalue weighted by molar-refractivity contribution is 5.97. The zero-order chi connectivity index (χ0) is 25.8. The van der Waals surface area contributed by atoms with Crippen molar-refractivity contribution in [3.63, 3.8) is 0 Å². The van der Waals surface area contributed by atoms with Crippen molar-refractivity contribution in [1.82, 2.24) is 20.7 Å². The second kappa shape index (κ2) is 10.9. The normalized spacial score (nSPS) is 18.7. The molecule has 11 heteroatoms. The largest absolute Gasteiger partial charge is 0.381 e. The van der Waals surface area contributed by atoms with E-state index < -0.39 is 54.8 Å². The average Bonchev–Trinajstić information content (AvgIpc) is 3.34. The molecule has 1 aromatic carbocycles. The lowest BCUT2D eigenvalue weighted by molar-refractivity contribution is -0.147. The number of alkyl halides is 2. The maximum absolute atomic E-state index is 14.2. The molecule has 3 N–H and O–H groups in total. The minimum atomic E-state index is -3.28. The summed E-state index contributed by atoms with van der Waals surface area (Å²) in [6.07, 6.45) is -2.08. The Morgan fingerprint density at radius 3 is 2.54 bits per heavy atom. The smallest absolute Gasteiger partial charge is 0.267 e. The quantitative estimate of drug-likeness (QED) is 0.490. The molecule has 0 spiro atoms. The number of aliphatic hydroxyl groups is 1. The van der Waals surface area contributed by atoms with Crippen LogP contribution in [0.25, 0.3) is 0 Å². The number of aromatic nitrogens is 1. The number of carbonyl (C=O) groups is 3. The number of carbonyl (C=O) groups excluding carboxylic acids is 3. The van der Waals surface area contributed by atoms with E-state index in [1.165, 1.54) is 0 Å². The molecule has 1 saturated heterocycles. The average molecular weight is 493 g/mol. The van der Waals surface area contributed by atoms with Crippen LogP contribution in [0.15, 0.2) is 34.9 Å². The third-order valence-corrected chi connectivity index (χ3v) is 5.91. The summed E-state index contributed by atoms with van der Waals surface area (Å²) in [5, 5.41) is 19.9. The molecule has 3 atom stereocenters. The van der Waals surface area contributed by atoms with E-state index in [0.29, 0.717) is 22.6 Å². The van der Waals surface area contributed by atoms with E-state index in [4.69, 9.17) is 4.52 Å². The van der Waals surface area contributed by atoms with Gasteiger partial charge >= 0.3 is 0 Å². The van der Waals surface area contributed by atoms with Gasteiger partial charge in [-0.05, 0) is 32.3 Å². The number of hydrogen-bond acceptors (Lipinski definition) is 6. The molecular weight excluding hydrogens is 462 g/mol. The van der Waals surface area contributed by atoms with E-state index in [1.54, 1.807) is 44.2 Å². The molecule has 9 nitrogen and oxygen atoms in total. The Labute approximate surface area is 201 Å². The molecule has 3 amide bonds. The Hall–Kier alpha value is -3.34. The molecule has 0 radical (unpaired) electrons. The number of likely N-dealkylation sites (tertiary alicyclic amines) is 1. The molecule has 3 rings (SSSR count). The van der Waals surface area contributed by atoms with E-state index in [-0.39, 0.29) is 24.3 Å². The van der Waals surface area contributed by atoms with Crippen molar-refractivity contribution in [2.24, 2.45) is 0 Å². The summed E-state index contributed by atoms with van der Waals surface area (Å²) >= 11 is 0. The zero-order valence-corrected chi connectivity index (χ0v) is 19.9. The van der Waals surface area contributed by atoms with E-state index in [2.05, 4.69) is 15.8 Å². The fourth-order valence-electron chi connectivity index (χ4n) is 4.15. The van der Waals surface area contributed by atoms with Gasteiger partial charge in [0.05, 0.1) is 18.3 Å². The third-order valence-electron chi connectivity index (χ3n) is 5.91. The van der Waals surface area contributed by atoms with Crippen LogP contribution in [0.2, 0.25) is 0 Å². The number of halogens is 2. The minimum absolute atomic E-state index is 0.0415. The third kappa shape index (κ3) is 6.21. The number of nitrogens with zero attached hydrogens (tertiary/aromatic N) is 2. The molecule has 1 aromatic heterocycles. The highest BCUT2D eigenvalue weighted by Gasteiger charge is 2.51. The summed E-state index contributed by atoms with van der Waals surface area (Å²) in [5.74, 6) is -5.41. The number of aryl methyl sites for hydroxylation is 2. The van der Waals surface area contributed by atoms with Crippen LogP contribution in [0.5, 0.6) is 0 Å². The Morgan fingerprint density at radius 2 is 1.94 bits per heavy atom. The number of hydrogen-bond donors (Lipinski definition) is 3. The van der Waals surface area contributed by atoms with Gasteiger partial charge in [0.25, 0.3) is 17.7 Å². The molecule has 2 heterocycles. The lowest BCUT2D eigenvalue weighted by atomic mass is 9.99. The molecule has 190 valence electrons. The van der Waals surface area contributed by atoms with Gasteiger partial charge in [-0.25, -0.2) is 8.78 Å². The fraction of sp³-hybridized carbons (Fsp3) is 0.500. The molecule has 1 aliphatic heterocycles. The summed E-state index contributed by atoms with van der Waals surface area (Å²) in [4.78, 5) is 39.4. The van der Waals surface area contributed by atoms with Crippen molar-refractivity contribution >= 4 is 17.7 Å². The summed E-state index contributed by atoms with van der Waals surface area (Å²) in [6.45, 7) is 4.21. The van der Waals surface area contributed by atoms with Crippen LogP contribution < -0.4 is 10.6 Å². The summed E-state index contributed by atoms with van der Waals surface area (Å²) in [5.41, 5.74) is 1.19. The van der Waals surface area contributed by atoms with E-state index >= 15 is 0 Å². The Kier molecular flexibility index (Phi) is 8.21. The van der Waals surface area contributed by atoms with Crippen molar-refractivity contribution in [2.45, 2.75) is 64.1 Å². The molecule has 1 fully saturated rings. The van der Waals surface area contributed by atoms with Gasteiger partial charge in [-0.2, -0.15) is 0 Å². The van der Waals surface area contributed by atoms with Gasteiger partial charge in [0, 0.05) is 13.0 Å². The van der Waals surface area contributed by atoms with E-state index in [9.17, 15) is 28.3 Å². The summed E-state index contributed by atoms with van der Waals surface area (Å²) in [6, 6.07) is 6.20. The van der Waals surface area contributed by atoms with Gasteiger partial charge in [-0.1, -0.05) is 42.4 Å². The van der Waals surface area contributed by atoms with Gasteiger partial charge in [0.15, 0.2) is 6.10 Å². The molecule has 1 aliphatic rings. The first-order chi connectivity index (χ1) is 16.5. The molecule has 35 heavy (non-hydrogen) atoms. The molecule has 0 saturated carbocycles. The maximum Gasteiger partial charge on any atom is 0.267 e. The summed E-state index contributed by atoms with van der Waals surface area (Å²) < 4.78 is 33.5. The second-order valence-electron chi connectivity index (χ2n) is 8.75. The fourth-order valence-corrected chi connectivity index (χ4v) is 4.15. The number of benzene rings is 1. The number of rotatable bonds is 9. The number of aliphatic hydroxyl groups excluding tert-OH is 1. The highest BCUT2D eigenvalue weighted by atomic mass is 19.3. The van der Waals surface area contributed by atoms with Crippen LogP contribution in [0, 0.1) is 13.8 Å². The Balaban J connectivity index is 1.86. The van der Waals surface area contributed by atoms with Gasteiger partial charge < -0.3 is 25.2 Å². The van der Waals surface area contributed by atoms with Crippen LogP contribution in [-0.4, -0.2) is 70.1 Å². The molecule has 0 aliphatic carbocycles. The van der Waals surface area contributed by atoms with Crippen molar-refractivity contribution in [3.8, 4) is 0 Å². The van der Waals surface area contributed by atoms with Crippen LogP contribution in [0.4, 0.5) is 8.78 Å². The first-order valence-electron chi connectivity index (χ1n) is 11.5. The standard InChI is InChI=1S/C24H30F2N4O5/c1-4-10-27-21(32)18-12-24(25,26)13-30(18)23(34)20(31)17(11-16-8-6-5-7-9-16)28-22(33)19-14(2)29-35-15(19)3/h5-9,17-18,20,31H,4,10-13H2,1-3H3,(H,27,32)(H,28,33). The minimum Gasteiger partial charge on any atom is -0.381 e. The first kappa shape index (κ1) is 26.3. The van der Waals surface area contributed by atoms with Gasteiger partial charge in [0.1, 0.15) is 17.4 Å². The van der Waals surface area contributed by atoms with Crippen LogP contribution in [0.3, 0.4) is 0 Å². The zero-order valence-electron chi connectivity index (χ0n) is 19.9. The molecule has 2 aromatic rings. The van der Waals surface area contributed by atoms with Crippen molar-refractivity contribution < 1.29 is 32.8 Å². The van der Waals surface area contributed by atoms with Crippen molar-refractivity contribution in [2.75, 3.05) is 13.1 Å². The van der Waals surface area contributed by atoms with Crippen molar-refractivity contribution in [1.29, 1.82) is 0 Å². The van der Waals surface area contributed by atoms with Gasteiger partial charge in [-0.15, -0.1) is 0 Å². The van der Waals surface area contributed by atoms with E-state index in [0.717, 1.165) is 0 Å². The topological polar surface area (TPSA) is 125 Å². The highest BCUT2D eigenvalue weighted by Crippen LogP contribution is 2.33. The Morgan fingerprint density at radius 1 is 1.26 bits per heavy atom. The predicted molar refractivity (Wildman–Crippen MR) is 122 cm³/mol. The van der Waals surface area contributed by atoms with E-state index in [1.807, 2.05) is 6.92 Å². The van der Waals surface area contributed by atoms with Gasteiger partial charge in [0.2, 0.25) is 5.91 Å². The SMILES string of the molecule is CCCNC(=O)C1CC(F)(F)CN1C(=O)C(O)C(Cc1ccccc1)NC(=O)c1c(C)noc1C. The lowest BCUT2D eigenvalue weighted by Crippen LogP contribution is -2.56. The lowest BCUT2D eigenvalue weighted by Gasteiger charge is -2.30. The van der Waals surface area contributed by atoms with Crippen LogP contribution in [-0.2, 0) is 16.0 Å². The monoisotopic (exact) mass is 492 g/mol. The number of nitrogens with one attached hydrogen (secondary N) is 2. The molecule has 0 bridgehead atoms. The summed E-state index contributed by atoms with van der Waals surface area (Å²) in [7, 11) is 0.